The summed E-state index contributed by atoms with van der Waals surface area (Å²) in [5.41, 5.74) is 1.36. The second-order valence-corrected chi connectivity index (χ2v) is 11.5. The van der Waals surface area contributed by atoms with Crippen molar-refractivity contribution in [1.29, 1.82) is 0 Å². The predicted octanol–water partition coefficient (Wildman–Crippen LogP) is 6.82. The van der Waals surface area contributed by atoms with Gasteiger partial charge in [0.25, 0.3) is 0 Å². The van der Waals surface area contributed by atoms with Crippen molar-refractivity contribution in [2.75, 3.05) is 0 Å². The maximum atomic E-state index is 13.8. The van der Waals surface area contributed by atoms with E-state index < -0.39 is 0 Å². The Morgan fingerprint density at radius 2 is 1.91 bits per heavy atom. The van der Waals surface area contributed by atoms with Crippen molar-refractivity contribution >= 4 is 16.8 Å². The molecule has 5 heteroatoms. The van der Waals surface area contributed by atoms with Crippen molar-refractivity contribution in [3.05, 3.63) is 24.0 Å². The van der Waals surface area contributed by atoms with Gasteiger partial charge in [-0.05, 0) is 85.7 Å². The van der Waals surface area contributed by atoms with Gasteiger partial charge in [0.15, 0.2) is 5.78 Å². The third-order valence-corrected chi connectivity index (χ3v) is 9.97. The third-order valence-electron chi connectivity index (χ3n) is 9.97. The normalized spacial score (nSPS) is 36.0. The second-order valence-electron chi connectivity index (χ2n) is 11.5. The van der Waals surface area contributed by atoms with Crippen LogP contribution < -0.4 is 0 Å². The number of rotatable bonds is 7. The molecule has 7 unspecified atom stereocenters. The first kappa shape index (κ1) is 23.0. The topological polar surface area (TPSA) is 47.8 Å². The number of nitrogens with zero attached hydrogens (tertiary/aromatic N) is 3. The number of halogens is 1. The minimum absolute atomic E-state index is 0.0919. The Balaban J connectivity index is 1.34. The Kier molecular flexibility index (Phi) is 6.35. The second kappa shape index (κ2) is 9.11. The van der Waals surface area contributed by atoms with E-state index in [1.54, 1.807) is 10.7 Å². The number of ketones is 1. The van der Waals surface area contributed by atoms with Gasteiger partial charge in [-0.15, -0.1) is 5.10 Å². The highest BCUT2D eigenvalue weighted by Crippen LogP contribution is 2.63. The van der Waals surface area contributed by atoms with E-state index in [9.17, 15) is 9.18 Å². The van der Waals surface area contributed by atoms with E-state index in [1.165, 1.54) is 69.9 Å². The Bertz CT molecular complexity index is 1000. The summed E-state index contributed by atoms with van der Waals surface area (Å²) in [6.07, 6.45) is 12.8. The molecule has 0 N–H and O–H groups in total. The maximum Gasteiger partial charge on any atom is 0.157 e. The van der Waals surface area contributed by atoms with Crippen molar-refractivity contribution in [2.24, 2.45) is 40.9 Å². The fourth-order valence-corrected chi connectivity index (χ4v) is 8.59. The monoisotopic (exact) mass is 453 g/mol. The number of Topliss-reactive ketones (excluding diaryl/α,β-unsaturated/α-hetero) is 1. The number of fused-ring (bicyclic) bond motifs is 4. The molecule has 3 fully saturated rings. The summed E-state index contributed by atoms with van der Waals surface area (Å²) in [6.45, 7) is 7.31. The average molecular weight is 454 g/mol. The van der Waals surface area contributed by atoms with Gasteiger partial charge in [-0.3, -0.25) is 4.79 Å². The summed E-state index contributed by atoms with van der Waals surface area (Å²) in [5, 5.41) is 8.31. The highest BCUT2D eigenvalue weighted by Gasteiger charge is 2.57. The first-order chi connectivity index (χ1) is 16.0. The van der Waals surface area contributed by atoms with Crippen molar-refractivity contribution in [1.82, 2.24) is 15.0 Å². The zero-order valence-corrected chi connectivity index (χ0v) is 20.6. The van der Waals surface area contributed by atoms with E-state index in [2.05, 4.69) is 31.1 Å². The molecule has 3 aliphatic rings. The highest BCUT2D eigenvalue weighted by molar-refractivity contribution is 5.84. The van der Waals surface area contributed by atoms with Crippen LogP contribution in [0.1, 0.15) is 85.0 Å². The van der Waals surface area contributed by atoms with Gasteiger partial charge >= 0.3 is 0 Å². The molecule has 2 aromatic rings. The standard InChI is InChI=1S/C28H40FN3O/c1-4-6-18-8-10-22-21(20(18)7-5-2)14-15-28(3)23(22)11-12-24(28)27(33)17-32-26-16-19(29)9-13-25(26)30-31-32/h9,13,16,18,20-24H,4-8,10-12,14-15,17H2,1-3H3. The zero-order valence-electron chi connectivity index (χ0n) is 20.6. The lowest BCUT2D eigenvalue weighted by Gasteiger charge is -2.54. The van der Waals surface area contributed by atoms with Crippen LogP contribution in [0.5, 0.6) is 0 Å². The fourth-order valence-electron chi connectivity index (χ4n) is 8.59. The van der Waals surface area contributed by atoms with Crippen molar-refractivity contribution < 1.29 is 9.18 Å². The molecule has 4 nitrogen and oxygen atoms in total. The Morgan fingerprint density at radius 1 is 1.09 bits per heavy atom. The lowest BCUT2D eigenvalue weighted by Crippen LogP contribution is -2.48. The molecule has 5 rings (SSSR count). The number of carbonyl (C=O) groups excluding carboxylic acids is 1. The highest BCUT2D eigenvalue weighted by atomic mass is 19.1. The van der Waals surface area contributed by atoms with Crippen LogP contribution >= 0.6 is 0 Å². The molecule has 0 aliphatic heterocycles. The number of carbonyl (C=O) groups is 1. The summed E-state index contributed by atoms with van der Waals surface area (Å²) in [4.78, 5) is 13.6. The molecule has 0 saturated heterocycles. The van der Waals surface area contributed by atoms with E-state index in [0.29, 0.717) is 17.0 Å². The Morgan fingerprint density at radius 3 is 2.70 bits per heavy atom. The van der Waals surface area contributed by atoms with E-state index in [0.717, 1.165) is 30.1 Å². The van der Waals surface area contributed by atoms with Crippen LogP contribution in [0.15, 0.2) is 18.2 Å². The lowest BCUT2D eigenvalue weighted by molar-refractivity contribution is -0.130. The maximum absolute atomic E-state index is 13.8. The quantitative estimate of drug-likeness (QED) is 0.462. The molecule has 0 radical (unpaired) electrons. The van der Waals surface area contributed by atoms with Crippen molar-refractivity contribution in [3.63, 3.8) is 0 Å². The van der Waals surface area contributed by atoms with Crippen LogP contribution in [-0.4, -0.2) is 20.8 Å². The number of benzene rings is 1. The molecule has 1 aromatic carbocycles. The van der Waals surface area contributed by atoms with Gasteiger partial charge in [0, 0.05) is 12.0 Å². The van der Waals surface area contributed by atoms with Crippen molar-refractivity contribution in [2.45, 2.75) is 91.5 Å². The van der Waals surface area contributed by atoms with Crippen molar-refractivity contribution in [3.8, 4) is 0 Å². The predicted molar refractivity (Wildman–Crippen MR) is 129 cm³/mol. The van der Waals surface area contributed by atoms with Crippen LogP contribution in [-0.2, 0) is 11.3 Å². The van der Waals surface area contributed by atoms with E-state index in [4.69, 9.17) is 0 Å². The number of hydrogen-bond acceptors (Lipinski definition) is 3. The molecule has 7 atom stereocenters. The lowest BCUT2D eigenvalue weighted by atomic mass is 9.50. The largest absolute Gasteiger partial charge is 0.297 e. The van der Waals surface area contributed by atoms with E-state index >= 15 is 0 Å². The number of hydrogen-bond donors (Lipinski definition) is 0. The van der Waals surface area contributed by atoms with Gasteiger partial charge in [-0.1, -0.05) is 51.7 Å². The van der Waals surface area contributed by atoms with Crippen LogP contribution in [0.3, 0.4) is 0 Å². The van der Waals surface area contributed by atoms with E-state index in [1.807, 2.05) is 0 Å². The van der Waals surface area contributed by atoms with Crippen LogP contribution in [0, 0.1) is 46.7 Å². The van der Waals surface area contributed by atoms with Gasteiger partial charge in [-0.25, -0.2) is 9.07 Å². The first-order valence-electron chi connectivity index (χ1n) is 13.5. The van der Waals surface area contributed by atoms with Gasteiger partial charge in [-0.2, -0.15) is 0 Å². The molecule has 0 bridgehead atoms. The summed E-state index contributed by atoms with van der Waals surface area (Å²) in [5.74, 6) is 4.19. The average Bonchev–Trinajstić information content (AvgIpc) is 3.35. The molecule has 1 aromatic heterocycles. The summed E-state index contributed by atoms with van der Waals surface area (Å²) in [7, 11) is 0. The van der Waals surface area contributed by atoms with Crippen LogP contribution in [0.25, 0.3) is 11.0 Å². The van der Waals surface area contributed by atoms with E-state index in [-0.39, 0.29) is 29.5 Å². The minimum Gasteiger partial charge on any atom is -0.297 e. The summed E-state index contributed by atoms with van der Waals surface area (Å²) < 4.78 is 15.4. The molecule has 33 heavy (non-hydrogen) atoms. The molecule has 3 aliphatic carbocycles. The molecule has 3 saturated carbocycles. The Hall–Kier alpha value is -1.78. The smallest absolute Gasteiger partial charge is 0.157 e. The molecular formula is C28H40FN3O. The van der Waals surface area contributed by atoms with Gasteiger partial charge < -0.3 is 0 Å². The van der Waals surface area contributed by atoms with Gasteiger partial charge in [0.1, 0.15) is 17.9 Å². The minimum atomic E-state index is -0.315. The van der Waals surface area contributed by atoms with Gasteiger partial charge in [0.05, 0.1) is 5.52 Å². The summed E-state index contributed by atoms with van der Waals surface area (Å²) in [6, 6.07) is 4.47. The molecule has 1 heterocycles. The molecular weight excluding hydrogens is 413 g/mol. The fraction of sp³-hybridized carbons (Fsp3) is 0.750. The van der Waals surface area contributed by atoms with Gasteiger partial charge in [0.2, 0.25) is 0 Å². The first-order valence-corrected chi connectivity index (χ1v) is 13.5. The van der Waals surface area contributed by atoms with Crippen LogP contribution in [0.2, 0.25) is 0 Å². The van der Waals surface area contributed by atoms with Crippen LogP contribution in [0.4, 0.5) is 4.39 Å². The molecule has 0 spiro atoms. The number of aromatic nitrogens is 3. The third kappa shape index (κ3) is 3.93. The zero-order chi connectivity index (χ0) is 23.2. The molecule has 0 amide bonds. The summed E-state index contributed by atoms with van der Waals surface area (Å²) >= 11 is 0. The SMILES string of the molecule is CCCC1CCC2C(CCC3(C)C(C(=O)Cn4nnc5ccc(F)cc54)CCC23)C1CCC. The molecule has 180 valence electrons. The Labute approximate surface area is 197 Å².